The highest BCUT2D eigenvalue weighted by Gasteiger charge is 2.27. The third kappa shape index (κ3) is 6.71. The fourth-order valence-electron chi connectivity index (χ4n) is 1.98. The van der Waals surface area contributed by atoms with E-state index in [4.69, 9.17) is 9.26 Å². The van der Waals surface area contributed by atoms with Crippen molar-refractivity contribution in [1.29, 1.82) is 0 Å². The van der Waals surface area contributed by atoms with E-state index >= 15 is 0 Å². The SMILES string of the molecule is Cc1nc(COc2ccccc2C(=O)NCCCOCC(F)(F)F)no1. The molecule has 0 radical (unpaired) electrons. The third-order valence-corrected chi connectivity index (χ3v) is 3.07. The number of nitrogens with one attached hydrogen (secondary N) is 1. The van der Waals surface area contributed by atoms with Crippen molar-refractivity contribution in [3.63, 3.8) is 0 Å². The van der Waals surface area contributed by atoms with Crippen LogP contribution in [0, 0.1) is 6.92 Å². The summed E-state index contributed by atoms with van der Waals surface area (Å²) in [7, 11) is 0. The second-order valence-corrected chi connectivity index (χ2v) is 5.29. The molecule has 1 aromatic heterocycles. The number of carbonyl (C=O) groups is 1. The maximum atomic E-state index is 12.2. The van der Waals surface area contributed by atoms with Gasteiger partial charge in [0.1, 0.15) is 12.4 Å². The standard InChI is InChI=1S/C16H18F3N3O4/c1-11-21-14(22-26-11)9-25-13-6-3-2-5-12(13)15(23)20-7-4-8-24-10-16(17,18)19/h2-3,5-6H,4,7-10H2,1H3,(H,20,23). The van der Waals surface area contributed by atoms with E-state index in [9.17, 15) is 18.0 Å². The zero-order valence-corrected chi connectivity index (χ0v) is 14.0. The zero-order valence-electron chi connectivity index (χ0n) is 14.0. The Kier molecular flexibility index (Phi) is 6.96. The number of benzene rings is 1. The molecular formula is C16H18F3N3O4. The molecule has 0 aliphatic heterocycles. The predicted molar refractivity (Wildman–Crippen MR) is 83.6 cm³/mol. The molecule has 2 aromatic rings. The summed E-state index contributed by atoms with van der Waals surface area (Å²) in [5.41, 5.74) is 0.295. The summed E-state index contributed by atoms with van der Waals surface area (Å²) in [6.45, 7) is 0.459. The van der Waals surface area contributed by atoms with Gasteiger partial charge in [0, 0.05) is 20.1 Å². The van der Waals surface area contributed by atoms with Crippen LogP contribution in [-0.2, 0) is 11.3 Å². The Labute approximate surface area is 147 Å². The van der Waals surface area contributed by atoms with Crippen molar-refractivity contribution in [2.75, 3.05) is 19.8 Å². The number of ether oxygens (including phenoxy) is 2. The second-order valence-electron chi connectivity index (χ2n) is 5.29. The molecule has 1 amide bonds. The molecule has 10 heteroatoms. The van der Waals surface area contributed by atoms with Gasteiger partial charge in [-0.1, -0.05) is 17.3 Å². The van der Waals surface area contributed by atoms with Crippen LogP contribution in [0.1, 0.15) is 28.5 Å². The van der Waals surface area contributed by atoms with Crippen molar-refractivity contribution in [3.05, 3.63) is 41.5 Å². The van der Waals surface area contributed by atoms with Crippen molar-refractivity contribution < 1.29 is 32.0 Å². The molecule has 26 heavy (non-hydrogen) atoms. The number of amides is 1. The summed E-state index contributed by atoms with van der Waals surface area (Å²) in [6.07, 6.45) is -4.09. The fraction of sp³-hybridized carbons (Fsp3) is 0.438. The molecule has 0 atom stereocenters. The number of rotatable bonds is 9. The molecule has 0 saturated heterocycles. The van der Waals surface area contributed by atoms with Crippen LogP contribution >= 0.6 is 0 Å². The number of para-hydroxylation sites is 1. The van der Waals surface area contributed by atoms with Crippen LogP contribution in [0.3, 0.4) is 0 Å². The van der Waals surface area contributed by atoms with Gasteiger partial charge in [-0.25, -0.2) is 0 Å². The van der Waals surface area contributed by atoms with E-state index in [1.165, 1.54) is 0 Å². The monoisotopic (exact) mass is 373 g/mol. The van der Waals surface area contributed by atoms with Crippen LogP contribution < -0.4 is 10.1 Å². The maximum absolute atomic E-state index is 12.2. The Balaban J connectivity index is 1.79. The van der Waals surface area contributed by atoms with Crippen LogP contribution in [0.5, 0.6) is 5.75 Å². The largest absolute Gasteiger partial charge is 0.485 e. The Morgan fingerprint density at radius 3 is 2.77 bits per heavy atom. The summed E-state index contributed by atoms with van der Waals surface area (Å²) < 4.78 is 50.6. The van der Waals surface area contributed by atoms with Crippen molar-refractivity contribution in [2.24, 2.45) is 0 Å². The molecular weight excluding hydrogens is 355 g/mol. The van der Waals surface area contributed by atoms with E-state index in [2.05, 4.69) is 20.2 Å². The highest BCUT2D eigenvalue weighted by atomic mass is 19.4. The van der Waals surface area contributed by atoms with Crippen LogP contribution in [-0.4, -0.2) is 42.0 Å². The van der Waals surface area contributed by atoms with Crippen LogP contribution in [0.4, 0.5) is 13.2 Å². The molecule has 0 fully saturated rings. The smallest absolute Gasteiger partial charge is 0.411 e. The average Bonchev–Trinajstić information content (AvgIpc) is 3.00. The first-order chi connectivity index (χ1) is 12.3. The van der Waals surface area contributed by atoms with E-state index in [0.29, 0.717) is 23.0 Å². The van der Waals surface area contributed by atoms with Gasteiger partial charge in [0.15, 0.2) is 6.61 Å². The van der Waals surface area contributed by atoms with Crippen molar-refractivity contribution in [2.45, 2.75) is 26.1 Å². The van der Waals surface area contributed by atoms with Gasteiger partial charge in [-0.05, 0) is 18.6 Å². The van der Waals surface area contributed by atoms with E-state index in [0.717, 1.165) is 0 Å². The van der Waals surface area contributed by atoms with E-state index in [1.807, 2.05) is 0 Å². The number of aromatic nitrogens is 2. The summed E-state index contributed by atoms with van der Waals surface area (Å²) >= 11 is 0. The van der Waals surface area contributed by atoms with Crippen molar-refractivity contribution >= 4 is 5.91 Å². The molecule has 7 nitrogen and oxygen atoms in total. The number of halogens is 3. The number of carbonyl (C=O) groups excluding carboxylic acids is 1. The molecule has 1 heterocycles. The lowest BCUT2D eigenvalue weighted by molar-refractivity contribution is -0.173. The number of alkyl halides is 3. The van der Waals surface area contributed by atoms with Crippen LogP contribution in [0.25, 0.3) is 0 Å². The van der Waals surface area contributed by atoms with E-state index < -0.39 is 18.7 Å². The summed E-state index contributed by atoms with van der Waals surface area (Å²) in [4.78, 5) is 16.2. The van der Waals surface area contributed by atoms with Gasteiger partial charge in [0.05, 0.1) is 5.56 Å². The fourth-order valence-corrected chi connectivity index (χ4v) is 1.98. The Hall–Kier alpha value is -2.62. The number of nitrogens with zero attached hydrogens (tertiary/aromatic N) is 2. The maximum Gasteiger partial charge on any atom is 0.411 e. The van der Waals surface area contributed by atoms with Gasteiger partial charge >= 0.3 is 6.18 Å². The molecule has 1 N–H and O–H groups in total. The molecule has 0 aliphatic carbocycles. The summed E-state index contributed by atoms with van der Waals surface area (Å²) in [5.74, 6) is 0.684. The van der Waals surface area contributed by atoms with Crippen molar-refractivity contribution in [1.82, 2.24) is 15.5 Å². The molecule has 0 saturated carbocycles. The van der Waals surface area contributed by atoms with Gasteiger partial charge in [-0.3, -0.25) is 4.79 Å². The van der Waals surface area contributed by atoms with E-state index in [-0.39, 0.29) is 26.2 Å². The van der Waals surface area contributed by atoms with Gasteiger partial charge < -0.3 is 19.3 Å². The van der Waals surface area contributed by atoms with Crippen molar-refractivity contribution in [3.8, 4) is 5.75 Å². The first-order valence-electron chi connectivity index (χ1n) is 7.79. The summed E-state index contributed by atoms with van der Waals surface area (Å²) in [6, 6.07) is 6.58. The quantitative estimate of drug-likeness (QED) is 0.680. The lowest BCUT2D eigenvalue weighted by Gasteiger charge is -2.11. The summed E-state index contributed by atoms with van der Waals surface area (Å²) in [5, 5.41) is 6.30. The molecule has 0 spiro atoms. The molecule has 0 unspecified atom stereocenters. The van der Waals surface area contributed by atoms with Crippen LogP contribution in [0.15, 0.2) is 28.8 Å². The highest BCUT2D eigenvalue weighted by Crippen LogP contribution is 2.19. The van der Waals surface area contributed by atoms with Gasteiger partial charge in [-0.2, -0.15) is 18.2 Å². The Morgan fingerprint density at radius 2 is 2.08 bits per heavy atom. The molecule has 0 bridgehead atoms. The van der Waals surface area contributed by atoms with Gasteiger partial charge in [0.2, 0.25) is 11.7 Å². The minimum Gasteiger partial charge on any atom is -0.485 e. The second kappa shape index (κ2) is 9.18. The molecule has 0 aliphatic rings. The number of hydrogen-bond acceptors (Lipinski definition) is 6. The minimum atomic E-state index is -4.35. The average molecular weight is 373 g/mol. The lowest BCUT2D eigenvalue weighted by atomic mass is 10.2. The minimum absolute atomic E-state index is 0.0346. The Morgan fingerprint density at radius 1 is 1.31 bits per heavy atom. The molecule has 1 aromatic carbocycles. The van der Waals surface area contributed by atoms with Crippen LogP contribution in [0.2, 0.25) is 0 Å². The number of aryl methyl sites for hydroxylation is 1. The van der Waals surface area contributed by atoms with Gasteiger partial charge in [0.25, 0.3) is 5.91 Å². The highest BCUT2D eigenvalue weighted by molar-refractivity contribution is 5.96. The topological polar surface area (TPSA) is 86.5 Å². The predicted octanol–water partition coefficient (Wildman–Crippen LogP) is 2.66. The lowest BCUT2D eigenvalue weighted by Crippen LogP contribution is -2.26. The first kappa shape index (κ1) is 19.7. The number of hydrogen-bond donors (Lipinski definition) is 1. The molecule has 142 valence electrons. The third-order valence-electron chi connectivity index (χ3n) is 3.07. The van der Waals surface area contributed by atoms with E-state index in [1.54, 1.807) is 31.2 Å². The normalized spacial score (nSPS) is 11.4. The molecule has 2 rings (SSSR count). The van der Waals surface area contributed by atoms with Gasteiger partial charge in [-0.15, -0.1) is 0 Å². The Bertz CT molecular complexity index is 719. The zero-order chi connectivity index (χ0) is 19.0. The first-order valence-corrected chi connectivity index (χ1v) is 7.79.